The second-order valence-corrected chi connectivity index (χ2v) is 9.73. The fourth-order valence-corrected chi connectivity index (χ4v) is 5.49. The van der Waals surface area contributed by atoms with Crippen molar-refractivity contribution in [3.8, 4) is 0 Å². The average Bonchev–Trinajstić information content (AvgIpc) is 2.52. The molecule has 6 nitrogen and oxygen atoms in total. The van der Waals surface area contributed by atoms with E-state index in [4.69, 9.17) is 16.2 Å². The summed E-state index contributed by atoms with van der Waals surface area (Å²) in [6.07, 6.45) is -3.80. The molecule has 0 aromatic heterocycles. The molecule has 0 aliphatic carbocycles. The largest absolute Gasteiger partial charge is 0.416 e. The van der Waals surface area contributed by atoms with Crippen molar-refractivity contribution in [2.75, 3.05) is 6.54 Å². The molecule has 1 aromatic carbocycles. The Labute approximate surface area is 148 Å². The van der Waals surface area contributed by atoms with Gasteiger partial charge in [0.25, 0.3) is 10.1 Å². The normalized spacial score (nSPS) is 21.9. The minimum atomic E-state index is -4.73. The summed E-state index contributed by atoms with van der Waals surface area (Å²) in [7, 11) is -9.16. The van der Waals surface area contributed by atoms with Crippen molar-refractivity contribution in [1.29, 1.82) is 0 Å². The smallest absolute Gasteiger partial charge is 0.284 e. The Morgan fingerprint density at radius 2 is 1.84 bits per heavy atom. The molecule has 1 N–H and O–H groups in total. The second-order valence-electron chi connectivity index (χ2n) is 5.57. The molecule has 2 atom stereocenters. The van der Waals surface area contributed by atoms with Gasteiger partial charge in [-0.15, -0.1) is 11.6 Å². The Balaban J connectivity index is 2.46. The Hall–Kier alpha value is -0.880. The molecule has 1 aromatic rings. The van der Waals surface area contributed by atoms with Gasteiger partial charge in [-0.1, -0.05) is 12.5 Å². The molecule has 25 heavy (non-hydrogen) atoms. The van der Waals surface area contributed by atoms with Gasteiger partial charge in [-0.3, -0.25) is 4.55 Å². The van der Waals surface area contributed by atoms with Crippen molar-refractivity contribution in [2.24, 2.45) is 0 Å². The third-order valence-electron chi connectivity index (χ3n) is 3.85. The van der Waals surface area contributed by atoms with Crippen molar-refractivity contribution in [3.05, 3.63) is 29.8 Å². The van der Waals surface area contributed by atoms with Crippen LogP contribution < -0.4 is 0 Å². The van der Waals surface area contributed by atoms with Crippen LogP contribution in [-0.2, 0) is 26.3 Å². The van der Waals surface area contributed by atoms with E-state index in [1.54, 1.807) is 0 Å². The van der Waals surface area contributed by atoms with Crippen LogP contribution in [0.2, 0.25) is 0 Å². The first-order valence-corrected chi connectivity index (χ1v) is 10.5. The maximum absolute atomic E-state index is 12.8. The molecule has 2 unspecified atom stereocenters. The Kier molecular flexibility index (Phi) is 5.74. The van der Waals surface area contributed by atoms with Gasteiger partial charge in [0.15, 0.2) is 4.71 Å². The lowest BCUT2D eigenvalue weighted by Gasteiger charge is -2.36. The highest BCUT2D eigenvalue weighted by Gasteiger charge is 2.42. The van der Waals surface area contributed by atoms with E-state index in [0.717, 1.165) is 22.5 Å². The molecule has 12 heteroatoms. The highest BCUT2D eigenvalue weighted by Crippen LogP contribution is 2.34. The molecule has 1 aliphatic rings. The lowest BCUT2D eigenvalue weighted by Crippen LogP contribution is -2.50. The molecular formula is C13H15ClF3NO5S2. The number of alkyl halides is 4. The third-order valence-corrected chi connectivity index (χ3v) is 7.62. The van der Waals surface area contributed by atoms with Gasteiger partial charge in [-0.2, -0.15) is 25.9 Å². The predicted octanol–water partition coefficient (Wildman–Crippen LogP) is 2.70. The van der Waals surface area contributed by atoms with Gasteiger partial charge < -0.3 is 0 Å². The summed E-state index contributed by atoms with van der Waals surface area (Å²) in [5.41, 5.74) is -1.14. The van der Waals surface area contributed by atoms with E-state index in [1.807, 2.05) is 0 Å². The maximum Gasteiger partial charge on any atom is 0.416 e. The summed E-state index contributed by atoms with van der Waals surface area (Å²) in [6.45, 7) is -0.109. The average molecular weight is 422 g/mol. The van der Waals surface area contributed by atoms with Crippen LogP contribution in [0.25, 0.3) is 0 Å². The van der Waals surface area contributed by atoms with Gasteiger partial charge in [0.1, 0.15) is 0 Å². The molecular weight excluding hydrogens is 407 g/mol. The zero-order valence-corrected chi connectivity index (χ0v) is 15.0. The van der Waals surface area contributed by atoms with E-state index in [-0.39, 0.29) is 13.0 Å². The van der Waals surface area contributed by atoms with E-state index in [1.165, 1.54) is 0 Å². The minimum Gasteiger partial charge on any atom is -0.284 e. The van der Waals surface area contributed by atoms with E-state index >= 15 is 0 Å². The van der Waals surface area contributed by atoms with Gasteiger partial charge in [0.2, 0.25) is 10.0 Å². The van der Waals surface area contributed by atoms with E-state index in [0.29, 0.717) is 18.9 Å². The van der Waals surface area contributed by atoms with Crippen LogP contribution in [0.5, 0.6) is 0 Å². The summed E-state index contributed by atoms with van der Waals surface area (Å²) in [4.78, 5) is -0.617. The van der Waals surface area contributed by atoms with Crippen molar-refractivity contribution in [1.82, 2.24) is 4.31 Å². The Morgan fingerprint density at radius 1 is 1.20 bits per heavy atom. The molecule has 142 valence electrons. The molecule has 0 radical (unpaired) electrons. The molecule has 1 aliphatic heterocycles. The van der Waals surface area contributed by atoms with Crippen LogP contribution in [0.3, 0.4) is 0 Å². The number of piperidine rings is 1. The van der Waals surface area contributed by atoms with E-state index in [9.17, 15) is 30.0 Å². The zero-order chi connectivity index (χ0) is 19.0. The number of nitrogens with zero attached hydrogens (tertiary/aromatic N) is 1. The second kappa shape index (κ2) is 7.03. The molecule has 1 fully saturated rings. The van der Waals surface area contributed by atoms with Crippen LogP contribution in [0.4, 0.5) is 13.2 Å². The summed E-state index contributed by atoms with van der Waals surface area (Å²) in [5, 5.41) is 0. The van der Waals surface area contributed by atoms with Crippen molar-refractivity contribution >= 4 is 31.7 Å². The number of hydrogen-bond donors (Lipinski definition) is 1. The molecule has 0 saturated carbocycles. The van der Waals surface area contributed by atoms with Crippen LogP contribution in [0.15, 0.2) is 29.2 Å². The first-order chi connectivity index (χ1) is 11.3. The molecule has 1 heterocycles. The van der Waals surface area contributed by atoms with Gasteiger partial charge in [0, 0.05) is 6.54 Å². The Bertz CT molecular complexity index is 841. The van der Waals surface area contributed by atoms with Gasteiger partial charge in [-0.05, 0) is 31.0 Å². The fraction of sp³-hybridized carbons (Fsp3) is 0.538. The van der Waals surface area contributed by atoms with Gasteiger partial charge >= 0.3 is 6.18 Å². The summed E-state index contributed by atoms with van der Waals surface area (Å²) < 4.78 is 94.4. The minimum absolute atomic E-state index is 0.0617. The van der Waals surface area contributed by atoms with E-state index in [2.05, 4.69) is 0 Å². The van der Waals surface area contributed by atoms with Gasteiger partial charge in [0.05, 0.1) is 16.5 Å². The predicted molar refractivity (Wildman–Crippen MR) is 84.2 cm³/mol. The zero-order valence-electron chi connectivity index (χ0n) is 12.6. The van der Waals surface area contributed by atoms with Crippen molar-refractivity contribution < 1.29 is 34.6 Å². The van der Waals surface area contributed by atoms with E-state index < -0.39 is 47.5 Å². The van der Waals surface area contributed by atoms with Crippen LogP contribution in [0.1, 0.15) is 24.8 Å². The maximum atomic E-state index is 12.8. The van der Waals surface area contributed by atoms with Crippen molar-refractivity contribution in [3.63, 3.8) is 0 Å². The lowest BCUT2D eigenvalue weighted by atomic mass is 10.1. The highest BCUT2D eigenvalue weighted by molar-refractivity contribution is 7.89. The number of halogens is 4. The highest BCUT2D eigenvalue weighted by atomic mass is 35.5. The summed E-state index contributed by atoms with van der Waals surface area (Å²) >= 11 is 5.70. The van der Waals surface area contributed by atoms with Crippen LogP contribution >= 0.6 is 11.6 Å². The molecule has 0 spiro atoms. The first kappa shape index (κ1) is 20.4. The first-order valence-electron chi connectivity index (χ1n) is 7.14. The quantitative estimate of drug-likeness (QED) is 0.596. The van der Waals surface area contributed by atoms with Gasteiger partial charge in [-0.25, -0.2) is 8.42 Å². The lowest BCUT2D eigenvalue weighted by molar-refractivity contribution is -0.137. The molecule has 0 amide bonds. The van der Waals surface area contributed by atoms with Crippen molar-refractivity contribution in [2.45, 2.75) is 41.1 Å². The third kappa shape index (κ3) is 4.45. The molecule has 2 rings (SSSR count). The SMILES string of the molecule is O=S(=O)(O)C(Cl)C1CCCCN1S(=O)(=O)c1cccc(C(F)(F)F)c1. The standard InChI is InChI=1S/C13H15ClF3NO5S2/c14-12(25(21,22)23)11-6-1-2-7-18(11)24(19,20)10-5-3-4-9(8-10)13(15,16)17/h3-5,8,11-12H,1-2,6-7H2,(H,21,22,23). The van der Waals surface area contributed by atoms with Crippen LogP contribution in [-0.4, -0.2) is 43.0 Å². The number of hydrogen-bond acceptors (Lipinski definition) is 4. The monoisotopic (exact) mass is 421 g/mol. The number of benzene rings is 1. The number of sulfonamides is 1. The summed E-state index contributed by atoms with van der Waals surface area (Å²) in [6, 6.07) is 1.89. The number of rotatable bonds is 4. The summed E-state index contributed by atoms with van der Waals surface area (Å²) in [5.74, 6) is 0. The Morgan fingerprint density at radius 3 is 2.40 bits per heavy atom. The fourth-order valence-electron chi connectivity index (χ4n) is 2.66. The molecule has 0 bridgehead atoms. The van der Waals surface area contributed by atoms with Crippen LogP contribution in [0, 0.1) is 0 Å². The molecule has 1 saturated heterocycles. The topological polar surface area (TPSA) is 91.8 Å².